The number of ether oxygens (including phenoxy) is 4. The van der Waals surface area contributed by atoms with Gasteiger partial charge in [0.2, 0.25) is 0 Å². The van der Waals surface area contributed by atoms with Crippen molar-refractivity contribution in [1.29, 1.82) is 0 Å². The zero-order chi connectivity index (χ0) is 78.9. The van der Waals surface area contributed by atoms with Gasteiger partial charge in [-0.15, -0.1) is 0 Å². The summed E-state index contributed by atoms with van der Waals surface area (Å²) in [6, 6.07) is 0. The maximum absolute atomic E-state index is 13.1. The predicted octanol–water partition coefficient (Wildman–Crippen LogP) is 23.2. The minimum Gasteiger partial charge on any atom is -0.462 e. The molecule has 3 N–H and O–H groups in total. The van der Waals surface area contributed by atoms with Crippen molar-refractivity contribution in [3.63, 3.8) is 0 Å². The normalized spacial score (nSPS) is 15.1. The first-order valence-corrected chi connectivity index (χ1v) is 42.3. The fourth-order valence-electron chi connectivity index (χ4n) is 9.07. The number of aliphatic hydroxyl groups is 1. The molecule has 0 aromatic carbocycles. The molecule has 0 heterocycles. The van der Waals surface area contributed by atoms with Gasteiger partial charge in [-0.1, -0.05) is 284 Å². The summed E-state index contributed by atoms with van der Waals surface area (Å²) < 4.78 is 68.2. The van der Waals surface area contributed by atoms with Gasteiger partial charge in [-0.05, 0) is 167 Å². The summed E-state index contributed by atoms with van der Waals surface area (Å²) in [5.74, 6) is -2.59. The molecule has 0 aliphatic rings. The molecule has 0 fully saturated rings. The second-order valence-electron chi connectivity index (χ2n) is 24.8. The van der Waals surface area contributed by atoms with E-state index in [2.05, 4.69) is 222 Å². The quantitative estimate of drug-likeness (QED) is 0.0169. The van der Waals surface area contributed by atoms with Crippen LogP contribution >= 0.6 is 15.6 Å². The minimum atomic E-state index is -5.04. The van der Waals surface area contributed by atoms with Crippen LogP contribution < -0.4 is 0 Å². The third kappa shape index (κ3) is 77.0. The molecule has 5 atom stereocenters. The number of unbranched alkanes of at least 4 members (excludes halogenated alkanes) is 6. The summed E-state index contributed by atoms with van der Waals surface area (Å²) >= 11 is 0. The fraction of sp³-hybridized carbons (Fsp3) is 0.506. The van der Waals surface area contributed by atoms with E-state index in [0.717, 1.165) is 154 Å². The molecular formula is C89H134O17P2. The number of phosphoric ester groups is 2. The number of carbonyl (C=O) groups is 4. The Kier molecular flexibility index (Phi) is 72.8. The average Bonchev–Trinajstić information content (AvgIpc) is 0.896. The van der Waals surface area contributed by atoms with Crippen molar-refractivity contribution in [3.8, 4) is 0 Å². The molecule has 0 aromatic rings. The van der Waals surface area contributed by atoms with E-state index >= 15 is 0 Å². The smallest absolute Gasteiger partial charge is 0.462 e. The summed E-state index contributed by atoms with van der Waals surface area (Å²) in [6.07, 6.45) is 102. The standard InChI is InChI=1S/C89H134O17P2/c1-5-9-13-17-21-25-29-33-37-39-41-43-47-50-54-58-62-66-70-74-87(92)100-80-85(106-89(94)76-72-68-64-60-56-52-48-44-42-40-38-34-30-26-22-18-14-10-6-2)82-104-108(97,98)102-78-83(90)77-101-107(95,96)103-81-84(105-88(93)75-71-67-63-59-55-51-46-36-32-28-24-20-16-12-8-4)79-99-86(91)73-69-65-61-57-53-49-45-35-31-27-23-19-15-11-7-3/h9-16,21-28,33-38,41-46,50,52-57,59,65,67,69,71,83-85,90H,5-8,17-20,29-32,39-40,47-49,51,58,60-64,66,68,70,72-82H2,1-4H3,(H,95,96)(H,97,98)/b13-9-,14-10-,15-11-,16-12-,25-21-,26-22-,27-23-,28-24-,37-33-,38-34-,43-41-,44-42-,45-35-,46-36-,54-50-,56-52-,57-53-,59-55-,69-65-,71-67-. The van der Waals surface area contributed by atoms with Crippen molar-refractivity contribution in [2.45, 2.75) is 251 Å². The number of rotatable bonds is 70. The largest absolute Gasteiger partial charge is 0.472 e. The first kappa shape index (κ1) is 101. The van der Waals surface area contributed by atoms with Gasteiger partial charge < -0.3 is 33.8 Å². The first-order chi connectivity index (χ1) is 52.7. The maximum Gasteiger partial charge on any atom is 0.472 e. The van der Waals surface area contributed by atoms with Crippen molar-refractivity contribution < 1.29 is 80.2 Å². The Balaban J connectivity index is 5.61. The second kappa shape index (κ2) is 78.0. The third-order valence-corrected chi connectivity index (χ3v) is 16.8. The molecule has 19 heteroatoms. The molecule has 0 aliphatic carbocycles. The Hall–Kier alpha value is -7.14. The van der Waals surface area contributed by atoms with Gasteiger partial charge in [0.05, 0.1) is 39.3 Å². The Morgan fingerprint density at radius 1 is 0.269 bits per heavy atom. The predicted molar refractivity (Wildman–Crippen MR) is 444 cm³/mol. The zero-order valence-electron chi connectivity index (χ0n) is 65.6. The summed E-state index contributed by atoms with van der Waals surface area (Å²) in [4.78, 5) is 72.9. The Morgan fingerprint density at radius 3 is 0.796 bits per heavy atom. The highest BCUT2D eigenvalue weighted by molar-refractivity contribution is 7.47. The van der Waals surface area contributed by atoms with Crippen molar-refractivity contribution in [2.24, 2.45) is 0 Å². The number of aliphatic hydroxyl groups excluding tert-OH is 1. The fourth-order valence-corrected chi connectivity index (χ4v) is 10.6. The molecule has 5 unspecified atom stereocenters. The van der Waals surface area contributed by atoms with E-state index in [4.69, 9.17) is 37.0 Å². The van der Waals surface area contributed by atoms with Gasteiger partial charge in [0.15, 0.2) is 12.2 Å². The van der Waals surface area contributed by atoms with Gasteiger partial charge in [0.1, 0.15) is 19.3 Å². The molecule has 0 bridgehead atoms. The van der Waals surface area contributed by atoms with Crippen molar-refractivity contribution in [3.05, 3.63) is 243 Å². The molecule has 0 saturated heterocycles. The summed E-state index contributed by atoms with van der Waals surface area (Å²) in [5.41, 5.74) is 0. The van der Waals surface area contributed by atoms with Crippen LogP contribution in [0.15, 0.2) is 243 Å². The van der Waals surface area contributed by atoms with Crippen molar-refractivity contribution >= 4 is 39.5 Å². The minimum absolute atomic E-state index is 0.0312. The average molecular weight is 1540 g/mol. The Bertz CT molecular complexity index is 3010. The number of phosphoric acid groups is 2. The molecular weight excluding hydrogens is 1400 g/mol. The number of allylic oxidation sites excluding steroid dienone is 38. The van der Waals surface area contributed by atoms with Gasteiger partial charge in [-0.2, -0.15) is 0 Å². The molecule has 0 amide bonds. The Morgan fingerprint density at radius 2 is 0.500 bits per heavy atom. The van der Waals surface area contributed by atoms with Crippen LogP contribution in [0.4, 0.5) is 0 Å². The SMILES string of the molecule is CC/C=C\C/C=C\C/C=C\C/C=C\C/C=C\CCCCCC(=O)OCC(COP(=O)(O)OCC(O)COP(=O)(O)OCC(COC(=O)C/C=C\C/C=C\C/C=C\C/C=C\C/C=C\CC)OC(=O)C/C=C\C/C=C\C/C=C\C/C=C\C/C=C\CC)OC(=O)CCCCC/C=C\C/C=C\C/C=C\C/C=C\C/C=C\CC. The molecule has 17 nitrogen and oxygen atoms in total. The summed E-state index contributed by atoms with van der Waals surface area (Å²) in [6.45, 7) is 4.04. The van der Waals surface area contributed by atoms with E-state index < -0.39 is 97.5 Å². The molecule has 0 radical (unpaired) electrons. The number of carbonyl (C=O) groups excluding carboxylic acids is 4. The number of esters is 4. The van der Waals surface area contributed by atoms with E-state index in [0.29, 0.717) is 25.7 Å². The van der Waals surface area contributed by atoms with Crippen LogP contribution in [0.5, 0.6) is 0 Å². The lowest BCUT2D eigenvalue weighted by atomic mass is 10.1. The van der Waals surface area contributed by atoms with E-state index in [1.165, 1.54) is 0 Å². The second-order valence-corrected chi connectivity index (χ2v) is 27.7. The van der Waals surface area contributed by atoms with Crippen LogP contribution in [0.1, 0.15) is 233 Å². The van der Waals surface area contributed by atoms with Crippen LogP contribution in [0, 0.1) is 0 Å². The van der Waals surface area contributed by atoms with Crippen LogP contribution in [-0.2, 0) is 65.4 Å². The van der Waals surface area contributed by atoms with Gasteiger partial charge in [-0.25, -0.2) is 9.13 Å². The highest BCUT2D eigenvalue weighted by Crippen LogP contribution is 2.45. The van der Waals surface area contributed by atoms with Gasteiger partial charge >= 0.3 is 39.5 Å². The highest BCUT2D eigenvalue weighted by atomic mass is 31.2. The first-order valence-electron chi connectivity index (χ1n) is 39.3. The van der Waals surface area contributed by atoms with Gasteiger partial charge in [-0.3, -0.25) is 37.3 Å². The molecule has 602 valence electrons. The topological polar surface area (TPSA) is 237 Å². The lowest BCUT2D eigenvalue weighted by Crippen LogP contribution is -2.30. The van der Waals surface area contributed by atoms with Gasteiger partial charge in [0, 0.05) is 12.8 Å². The van der Waals surface area contributed by atoms with E-state index in [1.54, 1.807) is 24.3 Å². The molecule has 0 aliphatic heterocycles. The van der Waals surface area contributed by atoms with Crippen LogP contribution in [-0.4, -0.2) is 96.7 Å². The van der Waals surface area contributed by atoms with Crippen molar-refractivity contribution in [1.82, 2.24) is 0 Å². The maximum atomic E-state index is 13.1. The summed E-state index contributed by atoms with van der Waals surface area (Å²) in [5, 5.41) is 10.6. The molecule has 0 rings (SSSR count). The zero-order valence-corrected chi connectivity index (χ0v) is 67.4. The van der Waals surface area contributed by atoms with E-state index in [-0.39, 0.29) is 25.7 Å². The van der Waals surface area contributed by atoms with Crippen molar-refractivity contribution in [2.75, 3.05) is 39.6 Å². The summed E-state index contributed by atoms with van der Waals surface area (Å²) in [7, 11) is -10.1. The molecule has 0 saturated carbocycles. The van der Waals surface area contributed by atoms with Crippen LogP contribution in [0.2, 0.25) is 0 Å². The molecule has 0 aromatic heterocycles. The lowest BCUT2D eigenvalue weighted by molar-refractivity contribution is -0.161. The highest BCUT2D eigenvalue weighted by Gasteiger charge is 2.30. The van der Waals surface area contributed by atoms with Crippen LogP contribution in [0.25, 0.3) is 0 Å². The molecule has 108 heavy (non-hydrogen) atoms. The Labute approximate surface area is 650 Å². The van der Waals surface area contributed by atoms with Gasteiger partial charge in [0.25, 0.3) is 0 Å². The number of hydrogen-bond donors (Lipinski definition) is 3. The number of hydrogen-bond acceptors (Lipinski definition) is 15. The molecule has 0 spiro atoms. The lowest BCUT2D eigenvalue weighted by Gasteiger charge is -2.21. The van der Waals surface area contributed by atoms with E-state index in [9.17, 15) is 43.2 Å². The van der Waals surface area contributed by atoms with Crippen LogP contribution in [0.3, 0.4) is 0 Å². The van der Waals surface area contributed by atoms with E-state index in [1.807, 2.05) is 24.3 Å². The third-order valence-electron chi connectivity index (χ3n) is 14.9. The monoisotopic (exact) mass is 1540 g/mol.